The van der Waals surface area contributed by atoms with Crippen LogP contribution in [0.2, 0.25) is 0 Å². The Bertz CT molecular complexity index is 2930. The fourth-order valence-electron chi connectivity index (χ4n) is 11.3. The SMILES string of the molecule is C[C@H]1C[C@@H]2C[C@@H](C)C[C@H](C1)C21c2ccccc2S(=O)(=O)c2cc(N(c3ccc(-c4ccc5c(c4)sc4ccccc45)cc3)c3cccc4ccccc34)ccc21. The molecule has 1 aromatic heterocycles. The van der Waals surface area contributed by atoms with Crippen LogP contribution in [0.4, 0.5) is 17.1 Å². The minimum absolute atomic E-state index is 0.309. The van der Waals surface area contributed by atoms with E-state index >= 15 is 0 Å². The summed E-state index contributed by atoms with van der Waals surface area (Å²) >= 11 is 1.84. The van der Waals surface area contributed by atoms with Crippen molar-refractivity contribution in [3.8, 4) is 11.1 Å². The number of hydrogen-bond donors (Lipinski definition) is 0. The Balaban J connectivity index is 1.09. The maximum Gasteiger partial charge on any atom is 0.207 e. The molecule has 0 saturated heterocycles. The predicted molar refractivity (Wildman–Crippen MR) is 233 cm³/mol. The van der Waals surface area contributed by atoms with Crippen molar-refractivity contribution in [1.29, 1.82) is 0 Å². The van der Waals surface area contributed by atoms with Gasteiger partial charge in [-0.15, -0.1) is 11.3 Å². The monoisotopic (exact) mass is 765 g/mol. The molecule has 11 rings (SSSR count). The molecule has 1 aliphatic heterocycles. The van der Waals surface area contributed by atoms with Crippen LogP contribution in [0.3, 0.4) is 0 Å². The molecule has 276 valence electrons. The smallest absolute Gasteiger partial charge is 0.207 e. The molecule has 2 fully saturated rings. The first-order valence-corrected chi connectivity index (χ1v) is 22.4. The summed E-state index contributed by atoms with van der Waals surface area (Å²) in [6, 6.07) is 53.4. The zero-order valence-electron chi connectivity index (χ0n) is 31.7. The van der Waals surface area contributed by atoms with E-state index in [9.17, 15) is 8.42 Å². The Kier molecular flexibility index (Phi) is 7.69. The first kappa shape index (κ1) is 34.1. The molecule has 0 atom stereocenters. The molecule has 2 heterocycles. The van der Waals surface area contributed by atoms with Crippen molar-refractivity contribution in [2.24, 2.45) is 23.7 Å². The first-order valence-electron chi connectivity index (χ1n) is 20.1. The molecular formula is C51H43NO2S2. The van der Waals surface area contributed by atoms with E-state index in [1.807, 2.05) is 29.5 Å². The second-order valence-electron chi connectivity index (χ2n) is 16.8. The average Bonchev–Trinajstić information content (AvgIpc) is 3.59. The third kappa shape index (κ3) is 4.96. The highest BCUT2D eigenvalue weighted by Gasteiger charge is 2.59. The van der Waals surface area contributed by atoms with Gasteiger partial charge in [-0.1, -0.05) is 117 Å². The standard InChI is InChI=1S/C51H43NO2S2/c1-32-26-37-28-33(2)29-38(27-32)51(37)44-14-6-8-17-49(44)56(53,54)50-31-40(23-25-45(50)51)52(46-15-9-11-35-10-3-4-12-41(35)46)39-21-18-34(19-22-39)36-20-24-43-42-13-5-7-16-47(42)55-48(43)30-36/h3-25,30-33,37-38H,26-29H2,1-2H3/t32-,33+,37+,38-,51?. The summed E-state index contributed by atoms with van der Waals surface area (Å²) < 4.78 is 32.5. The lowest BCUT2D eigenvalue weighted by Crippen LogP contribution is -2.54. The molecule has 0 N–H and O–H groups in total. The quantitative estimate of drug-likeness (QED) is 0.179. The summed E-state index contributed by atoms with van der Waals surface area (Å²) in [7, 11) is -3.79. The van der Waals surface area contributed by atoms with E-state index in [1.165, 1.54) is 25.7 Å². The fraction of sp³-hybridized carbons (Fsp3) is 0.216. The molecule has 2 bridgehead atoms. The van der Waals surface area contributed by atoms with Crippen molar-refractivity contribution in [3.05, 3.63) is 163 Å². The normalized spacial score (nSPS) is 23.6. The topological polar surface area (TPSA) is 37.4 Å². The Labute approximate surface area is 333 Å². The molecule has 5 heteroatoms. The van der Waals surface area contributed by atoms with Gasteiger partial charge in [-0.3, -0.25) is 0 Å². The largest absolute Gasteiger partial charge is 0.310 e. The van der Waals surface area contributed by atoms with E-state index in [4.69, 9.17) is 0 Å². The summed E-state index contributed by atoms with van der Waals surface area (Å²) in [6.07, 6.45) is 4.50. The average molecular weight is 766 g/mol. The maximum atomic E-state index is 15.0. The molecular weight excluding hydrogens is 723 g/mol. The third-order valence-corrected chi connectivity index (χ3v) is 16.4. The van der Waals surface area contributed by atoms with Crippen molar-refractivity contribution in [1.82, 2.24) is 0 Å². The van der Waals surface area contributed by atoms with Crippen molar-refractivity contribution in [3.63, 3.8) is 0 Å². The van der Waals surface area contributed by atoms with E-state index in [1.54, 1.807) is 0 Å². The number of thiophene rings is 1. The van der Waals surface area contributed by atoms with Crippen molar-refractivity contribution in [2.45, 2.75) is 54.7 Å². The maximum absolute atomic E-state index is 15.0. The van der Waals surface area contributed by atoms with E-state index in [-0.39, 0.29) is 5.41 Å². The minimum Gasteiger partial charge on any atom is -0.310 e. The lowest BCUT2D eigenvalue weighted by molar-refractivity contribution is 0.0231. The summed E-state index contributed by atoms with van der Waals surface area (Å²) in [6.45, 7) is 4.79. The van der Waals surface area contributed by atoms with Crippen LogP contribution in [0.1, 0.15) is 50.7 Å². The van der Waals surface area contributed by atoms with Gasteiger partial charge in [-0.25, -0.2) is 8.42 Å². The van der Waals surface area contributed by atoms with Gasteiger partial charge in [0, 0.05) is 42.3 Å². The molecule has 2 aliphatic carbocycles. The number of hydrogen-bond acceptors (Lipinski definition) is 4. The molecule has 2 saturated carbocycles. The van der Waals surface area contributed by atoms with Crippen molar-refractivity contribution in [2.75, 3.05) is 4.90 Å². The van der Waals surface area contributed by atoms with Crippen LogP contribution >= 0.6 is 11.3 Å². The van der Waals surface area contributed by atoms with Gasteiger partial charge in [0.1, 0.15) is 0 Å². The Morgan fingerprint density at radius 2 is 1.14 bits per heavy atom. The predicted octanol–water partition coefficient (Wildman–Crippen LogP) is 13.9. The lowest BCUT2D eigenvalue weighted by Gasteiger charge is -2.59. The van der Waals surface area contributed by atoms with E-state index in [0.717, 1.165) is 70.2 Å². The van der Waals surface area contributed by atoms with Gasteiger partial charge in [0.2, 0.25) is 9.84 Å². The number of anilines is 3. The molecule has 56 heavy (non-hydrogen) atoms. The van der Waals surface area contributed by atoms with Crippen LogP contribution in [-0.2, 0) is 15.3 Å². The van der Waals surface area contributed by atoms with Gasteiger partial charge in [0.05, 0.1) is 15.5 Å². The zero-order chi connectivity index (χ0) is 37.8. The van der Waals surface area contributed by atoms with Crippen LogP contribution in [0.25, 0.3) is 42.1 Å². The van der Waals surface area contributed by atoms with Gasteiger partial charge in [-0.05, 0) is 126 Å². The molecule has 7 aromatic carbocycles. The molecule has 3 aliphatic rings. The van der Waals surface area contributed by atoms with Gasteiger partial charge >= 0.3 is 0 Å². The van der Waals surface area contributed by atoms with Crippen LogP contribution in [-0.4, -0.2) is 8.42 Å². The number of sulfone groups is 1. The Morgan fingerprint density at radius 1 is 0.536 bits per heavy atom. The number of nitrogens with zero attached hydrogens (tertiary/aromatic N) is 1. The fourth-order valence-corrected chi connectivity index (χ4v) is 14.3. The van der Waals surface area contributed by atoms with Crippen LogP contribution in [0.5, 0.6) is 0 Å². The highest BCUT2D eigenvalue weighted by Crippen LogP contribution is 2.64. The molecule has 3 nitrogen and oxygen atoms in total. The van der Waals surface area contributed by atoms with Gasteiger partial charge in [0.25, 0.3) is 0 Å². The highest BCUT2D eigenvalue weighted by atomic mass is 32.2. The van der Waals surface area contributed by atoms with Crippen molar-refractivity contribution < 1.29 is 8.42 Å². The van der Waals surface area contributed by atoms with Crippen LogP contribution < -0.4 is 4.90 Å². The Morgan fingerprint density at radius 3 is 1.93 bits per heavy atom. The minimum atomic E-state index is -3.79. The number of rotatable bonds is 4. The second-order valence-corrected chi connectivity index (χ2v) is 19.8. The van der Waals surface area contributed by atoms with Crippen molar-refractivity contribution >= 4 is 69.2 Å². The number of fused-ring (bicyclic) bond motifs is 6. The van der Waals surface area contributed by atoms with E-state index in [0.29, 0.717) is 33.5 Å². The van der Waals surface area contributed by atoms with Gasteiger partial charge < -0.3 is 4.90 Å². The zero-order valence-corrected chi connectivity index (χ0v) is 33.3. The van der Waals surface area contributed by atoms with Crippen LogP contribution in [0.15, 0.2) is 161 Å². The number of benzene rings is 7. The molecule has 0 amide bonds. The van der Waals surface area contributed by atoms with Crippen LogP contribution in [0, 0.1) is 23.7 Å². The summed E-state index contributed by atoms with van der Waals surface area (Å²) in [4.78, 5) is 3.24. The Hall–Kier alpha value is -5.23. The first-order chi connectivity index (χ1) is 27.3. The third-order valence-electron chi connectivity index (χ3n) is 13.5. The molecule has 0 radical (unpaired) electrons. The summed E-state index contributed by atoms with van der Waals surface area (Å²) in [5, 5.41) is 4.85. The highest BCUT2D eigenvalue weighted by molar-refractivity contribution is 7.91. The van der Waals surface area contributed by atoms with E-state index < -0.39 is 9.84 Å². The molecule has 0 unspecified atom stereocenters. The van der Waals surface area contributed by atoms with Gasteiger partial charge in [-0.2, -0.15) is 0 Å². The van der Waals surface area contributed by atoms with Gasteiger partial charge in [0.15, 0.2) is 0 Å². The second kappa shape index (κ2) is 12.6. The molecule has 8 aromatic rings. The summed E-state index contributed by atoms with van der Waals surface area (Å²) in [5.41, 5.74) is 6.90. The van der Waals surface area contributed by atoms with E-state index in [2.05, 4.69) is 152 Å². The lowest BCUT2D eigenvalue weighted by atomic mass is 9.46. The summed E-state index contributed by atoms with van der Waals surface area (Å²) in [5.74, 6) is 2.06. The molecule has 1 spiro atoms.